The monoisotopic (exact) mass is 261 g/mol. The lowest BCUT2D eigenvalue weighted by Crippen LogP contribution is -2.31. The van der Waals surface area contributed by atoms with E-state index in [1.54, 1.807) is 6.92 Å². The fourth-order valence-corrected chi connectivity index (χ4v) is 2.15. The van der Waals surface area contributed by atoms with Gasteiger partial charge < -0.3 is 4.74 Å². The third-order valence-corrected chi connectivity index (χ3v) is 3.27. The van der Waals surface area contributed by atoms with Crippen LogP contribution in [0.3, 0.4) is 0 Å². The van der Waals surface area contributed by atoms with Crippen molar-refractivity contribution in [3.63, 3.8) is 0 Å². The summed E-state index contributed by atoms with van der Waals surface area (Å²) in [6, 6.07) is 4.91. The standard InChI is InChI=1S/C10H12FNO4S/c1-2-16-10(13)7-12-17(14,15)9-6-4-3-5-8(9)11/h3-6,12H,2,7H2,1H3. The molecule has 5 nitrogen and oxygen atoms in total. The molecule has 0 saturated heterocycles. The van der Waals surface area contributed by atoms with Crippen LogP contribution in [0.2, 0.25) is 0 Å². The number of carbonyl (C=O) groups is 1. The van der Waals surface area contributed by atoms with E-state index in [1.165, 1.54) is 12.1 Å². The summed E-state index contributed by atoms with van der Waals surface area (Å²) in [6.07, 6.45) is 0. The van der Waals surface area contributed by atoms with Gasteiger partial charge in [0, 0.05) is 0 Å². The lowest BCUT2D eigenvalue weighted by Gasteiger charge is -2.06. The van der Waals surface area contributed by atoms with E-state index in [0.717, 1.165) is 12.1 Å². The number of sulfonamides is 1. The van der Waals surface area contributed by atoms with Crippen LogP contribution in [0.5, 0.6) is 0 Å². The Balaban J connectivity index is 2.77. The largest absolute Gasteiger partial charge is 0.465 e. The van der Waals surface area contributed by atoms with Crippen molar-refractivity contribution in [3.05, 3.63) is 30.1 Å². The highest BCUT2D eigenvalue weighted by atomic mass is 32.2. The topological polar surface area (TPSA) is 72.5 Å². The molecule has 1 aromatic carbocycles. The number of esters is 1. The van der Waals surface area contributed by atoms with Crippen molar-refractivity contribution >= 4 is 16.0 Å². The number of ether oxygens (including phenoxy) is 1. The number of halogens is 1. The van der Waals surface area contributed by atoms with Gasteiger partial charge in [0.1, 0.15) is 17.3 Å². The Labute approximate surface area is 98.6 Å². The summed E-state index contributed by atoms with van der Waals surface area (Å²) in [7, 11) is -4.03. The first-order valence-electron chi connectivity index (χ1n) is 4.87. The molecule has 0 aliphatic heterocycles. The van der Waals surface area contributed by atoms with Crippen molar-refractivity contribution in [3.8, 4) is 0 Å². The Kier molecular flexibility index (Phi) is 4.59. The van der Waals surface area contributed by atoms with Gasteiger partial charge in [0.2, 0.25) is 10.0 Å². The number of benzene rings is 1. The molecule has 0 saturated carbocycles. The minimum Gasteiger partial charge on any atom is -0.465 e. The van der Waals surface area contributed by atoms with Gasteiger partial charge >= 0.3 is 5.97 Å². The molecule has 1 aromatic rings. The number of nitrogens with one attached hydrogen (secondary N) is 1. The highest BCUT2D eigenvalue weighted by Gasteiger charge is 2.19. The van der Waals surface area contributed by atoms with Crippen LogP contribution in [-0.4, -0.2) is 27.5 Å². The summed E-state index contributed by atoms with van der Waals surface area (Å²) >= 11 is 0. The van der Waals surface area contributed by atoms with Gasteiger partial charge in [0.25, 0.3) is 0 Å². The molecule has 0 aliphatic carbocycles. The Bertz CT molecular complexity index is 501. The molecule has 0 spiro atoms. The molecule has 0 fully saturated rings. The van der Waals surface area contributed by atoms with Gasteiger partial charge in [-0.05, 0) is 19.1 Å². The van der Waals surface area contributed by atoms with E-state index >= 15 is 0 Å². The fraction of sp³-hybridized carbons (Fsp3) is 0.300. The van der Waals surface area contributed by atoms with Gasteiger partial charge in [0.05, 0.1) is 6.61 Å². The predicted molar refractivity (Wildman–Crippen MR) is 58.2 cm³/mol. The Morgan fingerprint density at radius 3 is 2.65 bits per heavy atom. The van der Waals surface area contributed by atoms with Gasteiger partial charge in [-0.15, -0.1) is 0 Å². The molecule has 7 heteroatoms. The summed E-state index contributed by atoms with van der Waals surface area (Å²) in [5.74, 6) is -1.59. The number of hydrogen-bond acceptors (Lipinski definition) is 4. The van der Waals surface area contributed by atoms with Crippen molar-refractivity contribution in [1.82, 2.24) is 4.72 Å². The fourth-order valence-electron chi connectivity index (χ4n) is 1.11. The minimum absolute atomic E-state index is 0.153. The third-order valence-electron chi connectivity index (χ3n) is 1.84. The molecule has 0 unspecified atom stereocenters. The lowest BCUT2D eigenvalue weighted by molar-refractivity contribution is -0.141. The average Bonchev–Trinajstić information content (AvgIpc) is 2.27. The molecule has 0 amide bonds. The molecule has 0 radical (unpaired) electrons. The quantitative estimate of drug-likeness (QED) is 0.791. The maximum absolute atomic E-state index is 13.2. The van der Waals surface area contributed by atoms with Crippen molar-refractivity contribution in [1.29, 1.82) is 0 Å². The third kappa shape index (κ3) is 3.79. The Morgan fingerprint density at radius 1 is 1.41 bits per heavy atom. The molecule has 0 aromatic heterocycles. The minimum atomic E-state index is -4.03. The van der Waals surface area contributed by atoms with E-state index in [1.807, 2.05) is 4.72 Å². The Morgan fingerprint density at radius 2 is 2.06 bits per heavy atom. The molecular formula is C10H12FNO4S. The normalized spacial score (nSPS) is 11.2. The average molecular weight is 261 g/mol. The molecule has 17 heavy (non-hydrogen) atoms. The smallest absolute Gasteiger partial charge is 0.321 e. The molecule has 0 atom stereocenters. The Hall–Kier alpha value is -1.47. The molecule has 94 valence electrons. The van der Waals surface area contributed by atoms with Gasteiger partial charge in [-0.1, -0.05) is 12.1 Å². The first kappa shape index (κ1) is 13.6. The van der Waals surface area contributed by atoms with Gasteiger partial charge in [-0.25, -0.2) is 12.8 Å². The van der Waals surface area contributed by atoms with Crippen LogP contribution in [0, 0.1) is 5.82 Å². The maximum Gasteiger partial charge on any atom is 0.321 e. The first-order chi connectivity index (χ1) is 7.97. The number of hydrogen-bond donors (Lipinski definition) is 1. The summed E-state index contributed by atoms with van der Waals surface area (Å²) < 4.78 is 42.9. The van der Waals surface area contributed by atoms with Crippen LogP contribution in [0.4, 0.5) is 4.39 Å². The van der Waals surface area contributed by atoms with E-state index in [2.05, 4.69) is 4.74 Å². The van der Waals surface area contributed by atoms with Crippen molar-refractivity contribution < 1.29 is 22.3 Å². The molecular weight excluding hydrogens is 249 g/mol. The zero-order valence-electron chi connectivity index (χ0n) is 9.14. The molecule has 0 bridgehead atoms. The van der Waals surface area contributed by atoms with E-state index in [0.29, 0.717) is 0 Å². The number of rotatable bonds is 5. The number of carbonyl (C=O) groups excluding carboxylic acids is 1. The van der Waals surface area contributed by atoms with Crippen LogP contribution >= 0.6 is 0 Å². The summed E-state index contributed by atoms with van der Waals surface area (Å²) in [5.41, 5.74) is 0. The van der Waals surface area contributed by atoms with Crippen molar-refractivity contribution in [2.24, 2.45) is 0 Å². The molecule has 1 rings (SSSR count). The second kappa shape index (κ2) is 5.74. The molecule has 1 N–H and O–H groups in total. The van der Waals surface area contributed by atoms with Crippen molar-refractivity contribution in [2.45, 2.75) is 11.8 Å². The second-order valence-corrected chi connectivity index (χ2v) is 4.80. The van der Waals surface area contributed by atoms with Gasteiger partial charge in [-0.2, -0.15) is 4.72 Å². The zero-order valence-corrected chi connectivity index (χ0v) is 9.96. The summed E-state index contributed by atoms with van der Waals surface area (Å²) in [5, 5.41) is 0. The summed E-state index contributed by atoms with van der Waals surface area (Å²) in [6.45, 7) is 1.23. The highest BCUT2D eigenvalue weighted by Crippen LogP contribution is 2.12. The van der Waals surface area contributed by atoms with E-state index in [4.69, 9.17) is 0 Å². The van der Waals surface area contributed by atoms with Crippen molar-refractivity contribution in [2.75, 3.05) is 13.2 Å². The maximum atomic E-state index is 13.2. The highest BCUT2D eigenvalue weighted by molar-refractivity contribution is 7.89. The van der Waals surface area contributed by atoms with Gasteiger partial charge in [0.15, 0.2) is 0 Å². The van der Waals surface area contributed by atoms with Gasteiger partial charge in [-0.3, -0.25) is 4.79 Å². The van der Waals surface area contributed by atoms with Crippen LogP contribution in [0.25, 0.3) is 0 Å². The van der Waals surface area contributed by atoms with E-state index in [9.17, 15) is 17.6 Å². The van der Waals surface area contributed by atoms with E-state index < -0.39 is 33.3 Å². The molecule has 0 aliphatic rings. The lowest BCUT2D eigenvalue weighted by atomic mass is 10.4. The van der Waals surface area contributed by atoms with Crippen LogP contribution in [0.15, 0.2) is 29.2 Å². The zero-order chi connectivity index (χ0) is 12.9. The second-order valence-electron chi connectivity index (χ2n) is 3.06. The van der Waals surface area contributed by atoms with E-state index in [-0.39, 0.29) is 6.61 Å². The van der Waals surface area contributed by atoms with Crippen LogP contribution in [-0.2, 0) is 19.6 Å². The predicted octanol–water partition coefficient (Wildman–Crippen LogP) is 0.667. The first-order valence-corrected chi connectivity index (χ1v) is 6.35. The van der Waals surface area contributed by atoms with Crippen LogP contribution < -0.4 is 4.72 Å². The molecule has 0 heterocycles. The summed E-state index contributed by atoms with van der Waals surface area (Å²) in [4.78, 5) is 10.5. The SMILES string of the molecule is CCOC(=O)CNS(=O)(=O)c1ccccc1F. The van der Waals surface area contributed by atoms with Crippen LogP contribution in [0.1, 0.15) is 6.92 Å².